The molecule has 2 aliphatic heterocycles. The number of amides is 3. The number of β-lactam (4-membered cyclic amide) rings is 1. The van der Waals surface area contributed by atoms with Gasteiger partial charge < -0.3 is 15.7 Å². The van der Waals surface area contributed by atoms with Gasteiger partial charge in [-0.3, -0.25) is 19.3 Å². The molecule has 0 aliphatic carbocycles. The highest BCUT2D eigenvalue weighted by atomic mass is 32.2. The van der Waals surface area contributed by atoms with Gasteiger partial charge in [-0.15, -0.1) is 11.8 Å². The second-order valence-electron chi connectivity index (χ2n) is 4.98. The molecule has 3 N–H and O–H groups in total. The van der Waals surface area contributed by atoms with Gasteiger partial charge in [0.25, 0.3) is 5.91 Å². The van der Waals surface area contributed by atoms with Gasteiger partial charge in [0.2, 0.25) is 11.8 Å². The highest BCUT2D eigenvalue weighted by Gasteiger charge is 2.53. The van der Waals surface area contributed by atoms with Gasteiger partial charge in [0.05, 0.1) is 6.54 Å². The summed E-state index contributed by atoms with van der Waals surface area (Å²) in [6.07, 6.45) is 0.560. The van der Waals surface area contributed by atoms with Crippen molar-refractivity contribution >= 4 is 35.5 Å². The largest absolute Gasteiger partial charge is 0.477 e. The van der Waals surface area contributed by atoms with Crippen LogP contribution in [0.5, 0.6) is 0 Å². The number of hydrogen-bond donors (Lipinski definition) is 3. The first kappa shape index (κ1) is 16.3. The minimum Gasteiger partial charge on any atom is -0.477 e. The van der Waals surface area contributed by atoms with Crippen LogP contribution in [0.25, 0.3) is 0 Å². The van der Waals surface area contributed by atoms with Crippen LogP contribution in [0.15, 0.2) is 11.3 Å². The van der Waals surface area contributed by atoms with E-state index in [1.54, 1.807) is 0 Å². The molecule has 0 aromatic heterocycles. The van der Waals surface area contributed by atoms with Crippen LogP contribution in [0.4, 0.5) is 0 Å². The molecule has 2 atom stereocenters. The molecule has 3 amide bonds. The van der Waals surface area contributed by atoms with E-state index < -0.39 is 29.2 Å². The van der Waals surface area contributed by atoms with Crippen LogP contribution in [0.3, 0.4) is 0 Å². The Kier molecular flexibility index (Phi) is 4.74. The summed E-state index contributed by atoms with van der Waals surface area (Å²) in [6.45, 7) is 2.92. The fourth-order valence-corrected chi connectivity index (χ4v) is 3.83. The number of carboxylic acid groups (broad SMARTS) is 1. The molecule has 0 bridgehead atoms. The van der Waals surface area contributed by atoms with Crippen molar-refractivity contribution in [1.29, 1.82) is 0 Å². The number of carbonyl (C=O) groups is 4. The monoisotopic (exact) mass is 327 g/mol. The van der Waals surface area contributed by atoms with Gasteiger partial charge in [0.1, 0.15) is 17.1 Å². The van der Waals surface area contributed by atoms with Crippen molar-refractivity contribution in [2.75, 3.05) is 12.3 Å². The third-order valence-electron chi connectivity index (χ3n) is 3.49. The average molecular weight is 327 g/mol. The van der Waals surface area contributed by atoms with Crippen LogP contribution in [-0.2, 0) is 19.2 Å². The lowest BCUT2D eigenvalue weighted by atomic mass is 10.0. The van der Waals surface area contributed by atoms with Crippen LogP contribution in [0, 0.1) is 0 Å². The smallest absolute Gasteiger partial charge is 0.352 e. The molecule has 8 nitrogen and oxygen atoms in total. The summed E-state index contributed by atoms with van der Waals surface area (Å²) in [5.74, 6) is -1.86. The molecule has 1 fully saturated rings. The normalized spacial score (nSPS) is 23.5. The summed E-state index contributed by atoms with van der Waals surface area (Å²) in [6, 6.07) is -0.751. The third kappa shape index (κ3) is 2.94. The van der Waals surface area contributed by atoms with Gasteiger partial charge in [0.15, 0.2) is 0 Å². The van der Waals surface area contributed by atoms with Crippen molar-refractivity contribution < 1.29 is 24.3 Å². The minimum atomic E-state index is -1.13. The molecular weight excluding hydrogens is 310 g/mol. The summed E-state index contributed by atoms with van der Waals surface area (Å²) in [4.78, 5) is 47.2. The van der Waals surface area contributed by atoms with E-state index >= 15 is 0 Å². The Morgan fingerprint density at radius 3 is 2.64 bits per heavy atom. The molecule has 0 radical (unpaired) electrons. The van der Waals surface area contributed by atoms with Crippen molar-refractivity contribution in [3.8, 4) is 0 Å². The molecular formula is C13H17N3O5S. The molecule has 2 heterocycles. The van der Waals surface area contributed by atoms with E-state index in [-0.39, 0.29) is 18.1 Å². The van der Waals surface area contributed by atoms with Crippen LogP contribution >= 0.6 is 11.8 Å². The molecule has 0 spiro atoms. The maximum absolute atomic E-state index is 12.2. The average Bonchev–Trinajstić information content (AvgIpc) is 2.48. The minimum absolute atomic E-state index is 0.0311. The summed E-state index contributed by atoms with van der Waals surface area (Å²) in [7, 11) is 0. The SMILES string of the molecule is CCC1=C(C(=O)O)N2C(=O)[C@@H](NC(=O)CNC(C)=O)C2SC1. The highest BCUT2D eigenvalue weighted by Crippen LogP contribution is 2.40. The van der Waals surface area contributed by atoms with Crippen molar-refractivity contribution in [2.24, 2.45) is 0 Å². The van der Waals surface area contributed by atoms with Crippen LogP contribution in [0.1, 0.15) is 20.3 Å². The van der Waals surface area contributed by atoms with E-state index in [0.29, 0.717) is 17.7 Å². The number of fused-ring (bicyclic) bond motifs is 1. The van der Waals surface area contributed by atoms with Crippen molar-refractivity contribution in [3.63, 3.8) is 0 Å². The first-order valence-electron chi connectivity index (χ1n) is 6.80. The van der Waals surface area contributed by atoms with E-state index in [4.69, 9.17) is 0 Å². The molecule has 9 heteroatoms. The Hall–Kier alpha value is -2.03. The van der Waals surface area contributed by atoms with E-state index in [1.165, 1.54) is 23.6 Å². The van der Waals surface area contributed by atoms with Crippen LogP contribution in [-0.4, -0.2) is 57.4 Å². The number of nitrogens with one attached hydrogen (secondary N) is 2. The van der Waals surface area contributed by atoms with Crippen LogP contribution < -0.4 is 10.6 Å². The maximum atomic E-state index is 12.2. The summed E-state index contributed by atoms with van der Waals surface area (Å²) in [5.41, 5.74) is 0.744. The Balaban J connectivity index is 2.05. The number of rotatable bonds is 5. The lowest BCUT2D eigenvalue weighted by Crippen LogP contribution is -2.71. The molecule has 120 valence electrons. The van der Waals surface area contributed by atoms with Gasteiger partial charge in [-0.25, -0.2) is 4.79 Å². The molecule has 1 unspecified atom stereocenters. The van der Waals surface area contributed by atoms with Gasteiger partial charge in [-0.2, -0.15) is 0 Å². The molecule has 2 rings (SSSR count). The first-order valence-corrected chi connectivity index (χ1v) is 7.85. The second-order valence-corrected chi connectivity index (χ2v) is 6.08. The Morgan fingerprint density at radius 1 is 1.41 bits per heavy atom. The molecule has 0 aromatic carbocycles. The van der Waals surface area contributed by atoms with Gasteiger partial charge in [-0.05, 0) is 12.0 Å². The zero-order valence-corrected chi connectivity index (χ0v) is 13.0. The number of carbonyl (C=O) groups excluding carboxylic acids is 3. The van der Waals surface area contributed by atoms with E-state index in [2.05, 4.69) is 10.6 Å². The molecule has 22 heavy (non-hydrogen) atoms. The number of aliphatic carboxylic acids is 1. The summed E-state index contributed by atoms with van der Waals surface area (Å²) >= 11 is 1.43. The predicted molar refractivity (Wildman–Crippen MR) is 78.7 cm³/mol. The topological polar surface area (TPSA) is 116 Å². The number of carboxylic acids is 1. The quantitative estimate of drug-likeness (QED) is 0.574. The Bertz CT molecular complexity index is 574. The molecule has 1 saturated heterocycles. The molecule has 0 aromatic rings. The lowest BCUT2D eigenvalue weighted by Gasteiger charge is -2.49. The van der Waals surface area contributed by atoms with Gasteiger partial charge in [0, 0.05) is 12.7 Å². The van der Waals surface area contributed by atoms with Crippen molar-refractivity contribution in [1.82, 2.24) is 15.5 Å². The second kappa shape index (κ2) is 6.39. The Labute approximate surface area is 131 Å². The number of nitrogens with zero attached hydrogens (tertiary/aromatic N) is 1. The zero-order valence-electron chi connectivity index (χ0n) is 12.2. The highest BCUT2D eigenvalue weighted by molar-refractivity contribution is 8.00. The fourth-order valence-electron chi connectivity index (χ4n) is 2.38. The maximum Gasteiger partial charge on any atom is 0.352 e. The number of hydrogen-bond acceptors (Lipinski definition) is 5. The fraction of sp³-hybridized carbons (Fsp3) is 0.538. The first-order chi connectivity index (χ1) is 10.4. The third-order valence-corrected chi connectivity index (χ3v) is 4.83. The standard InChI is InChI=1S/C13H17N3O5S/c1-3-7-5-22-12-9(15-8(18)4-14-6(2)17)11(19)16(12)10(7)13(20)21/h9,12H,3-5H2,1-2H3,(H,14,17)(H,15,18)(H,20,21)/t9-,12?/m1/s1. The van der Waals surface area contributed by atoms with Crippen molar-refractivity contribution in [2.45, 2.75) is 31.7 Å². The summed E-state index contributed by atoms with van der Waals surface area (Å²) < 4.78 is 0. The molecule has 2 aliphatic rings. The van der Waals surface area contributed by atoms with Gasteiger partial charge in [-0.1, -0.05) is 6.92 Å². The predicted octanol–water partition coefficient (Wildman–Crippen LogP) is -0.729. The molecule has 0 saturated carbocycles. The van der Waals surface area contributed by atoms with E-state index in [0.717, 1.165) is 0 Å². The van der Waals surface area contributed by atoms with Gasteiger partial charge >= 0.3 is 5.97 Å². The van der Waals surface area contributed by atoms with Crippen LogP contribution in [0.2, 0.25) is 0 Å². The van der Waals surface area contributed by atoms with Crippen molar-refractivity contribution in [3.05, 3.63) is 11.3 Å². The summed E-state index contributed by atoms with van der Waals surface area (Å²) in [5, 5.41) is 13.8. The zero-order chi connectivity index (χ0) is 16.4. The number of thioether (sulfide) groups is 1. The lowest BCUT2D eigenvalue weighted by molar-refractivity contribution is -0.150. The van der Waals surface area contributed by atoms with E-state index in [9.17, 15) is 24.3 Å². The Morgan fingerprint density at radius 2 is 2.09 bits per heavy atom. The van der Waals surface area contributed by atoms with E-state index in [1.807, 2.05) is 6.92 Å².